The van der Waals surface area contributed by atoms with Crippen LogP contribution in [0, 0.1) is 6.92 Å². The molecule has 19 heavy (non-hydrogen) atoms. The molecule has 0 aliphatic carbocycles. The fourth-order valence-corrected chi connectivity index (χ4v) is 2.09. The minimum absolute atomic E-state index is 0.0417. The van der Waals surface area contributed by atoms with Gasteiger partial charge in [0, 0.05) is 12.4 Å². The molecule has 1 aromatic carbocycles. The summed E-state index contributed by atoms with van der Waals surface area (Å²) in [5.41, 5.74) is 4.36. The van der Waals surface area contributed by atoms with Gasteiger partial charge in [0.1, 0.15) is 0 Å². The molecule has 3 rings (SSSR count). The number of carbonyl (C=O) groups excluding carboxylic acids is 1. The predicted molar refractivity (Wildman–Crippen MR) is 74.9 cm³/mol. The number of carbonyl (C=O) groups is 1. The third-order valence-corrected chi connectivity index (χ3v) is 3.02. The molecule has 0 spiro atoms. The van der Waals surface area contributed by atoms with E-state index in [0.29, 0.717) is 0 Å². The second kappa shape index (κ2) is 4.65. The maximum atomic E-state index is 11.9. The van der Waals surface area contributed by atoms with Gasteiger partial charge < -0.3 is 5.32 Å². The van der Waals surface area contributed by atoms with Crippen molar-refractivity contribution >= 4 is 23.0 Å². The summed E-state index contributed by atoms with van der Waals surface area (Å²) in [5, 5.41) is 2.89. The standard InChI is InChI=1S/C15H13N3O/c1-10-2-3-12-14(8-10)18-15(19)9-13(17-12)11-4-6-16-7-5-11/h2-8H,9H2,1H3,(H,18,19). The largest absolute Gasteiger partial charge is 0.324 e. The molecule has 2 heterocycles. The van der Waals surface area contributed by atoms with E-state index in [9.17, 15) is 4.79 Å². The Morgan fingerprint density at radius 2 is 1.95 bits per heavy atom. The lowest BCUT2D eigenvalue weighted by Gasteiger charge is -2.04. The minimum atomic E-state index is -0.0417. The highest BCUT2D eigenvalue weighted by atomic mass is 16.1. The van der Waals surface area contributed by atoms with E-state index < -0.39 is 0 Å². The maximum absolute atomic E-state index is 11.9. The molecule has 0 unspecified atom stereocenters. The monoisotopic (exact) mass is 251 g/mol. The highest BCUT2D eigenvalue weighted by Gasteiger charge is 2.16. The number of nitrogens with zero attached hydrogens (tertiary/aromatic N) is 2. The molecule has 0 radical (unpaired) electrons. The number of anilines is 1. The first-order chi connectivity index (χ1) is 9.22. The van der Waals surface area contributed by atoms with E-state index in [-0.39, 0.29) is 12.3 Å². The second-order valence-electron chi connectivity index (χ2n) is 4.54. The third-order valence-electron chi connectivity index (χ3n) is 3.02. The SMILES string of the molecule is Cc1ccc2c(c1)NC(=O)CC(c1ccncc1)=N2. The van der Waals surface area contributed by atoms with Crippen molar-refractivity contribution < 1.29 is 4.79 Å². The number of amides is 1. The highest BCUT2D eigenvalue weighted by molar-refractivity contribution is 6.16. The Hall–Kier alpha value is -2.49. The van der Waals surface area contributed by atoms with Crippen molar-refractivity contribution in [1.29, 1.82) is 0 Å². The molecule has 0 atom stereocenters. The fourth-order valence-electron chi connectivity index (χ4n) is 2.09. The molecular formula is C15H13N3O. The van der Waals surface area contributed by atoms with Crippen molar-refractivity contribution in [3.05, 3.63) is 53.9 Å². The molecule has 2 aromatic rings. The van der Waals surface area contributed by atoms with E-state index >= 15 is 0 Å². The molecule has 4 nitrogen and oxygen atoms in total. The van der Waals surface area contributed by atoms with Crippen LogP contribution in [0.3, 0.4) is 0 Å². The lowest BCUT2D eigenvalue weighted by atomic mass is 10.1. The Kier molecular flexibility index (Phi) is 2.83. The number of hydrogen-bond donors (Lipinski definition) is 1. The highest BCUT2D eigenvalue weighted by Crippen LogP contribution is 2.29. The maximum Gasteiger partial charge on any atom is 0.230 e. The van der Waals surface area contributed by atoms with Crippen LogP contribution in [0.4, 0.5) is 11.4 Å². The van der Waals surface area contributed by atoms with E-state index in [4.69, 9.17) is 0 Å². The van der Waals surface area contributed by atoms with Crippen molar-refractivity contribution in [2.24, 2.45) is 4.99 Å². The Bertz CT molecular complexity index is 662. The van der Waals surface area contributed by atoms with Gasteiger partial charge in [-0.25, -0.2) is 0 Å². The second-order valence-corrected chi connectivity index (χ2v) is 4.54. The van der Waals surface area contributed by atoms with Crippen LogP contribution in [0.2, 0.25) is 0 Å². The Balaban J connectivity index is 2.11. The summed E-state index contributed by atoms with van der Waals surface area (Å²) in [5.74, 6) is -0.0417. The van der Waals surface area contributed by atoms with Crippen molar-refractivity contribution in [2.45, 2.75) is 13.3 Å². The van der Waals surface area contributed by atoms with E-state index in [2.05, 4.69) is 15.3 Å². The van der Waals surface area contributed by atoms with Crippen LogP contribution in [0.5, 0.6) is 0 Å². The number of benzene rings is 1. The number of nitrogens with one attached hydrogen (secondary N) is 1. The number of pyridine rings is 1. The molecule has 1 amide bonds. The molecule has 1 N–H and O–H groups in total. The zero-order valence-electron chi connectivity index (χ0n) is 10.6. The van der Waals surface area contributed by atoms with Gasteiger partial charge >= 0.3 is 0 Å². The average Bonchev–Trinajstić information content (AvgIpc) is 2.57. The Labute approximate surface area is 111 Å². The lowest BCUT2D eigenvalue weighted by Crippen LogP contribution is -2.14. The average molecular weight is 251 g/mol. The molecule has 0 fully saturated rings. The summed E-state index contributed by atoms with van der Waals surface area (Å²) in [6.45, 7) is 1.99. The van der Waals surface area contributed by atoms with Gasteiger partial charge in [0.2, 0.25) is 5.91 Å². The van der Waals surface area contributed by atoms with Gasteiger partial charge in [-0.05, 0) is 42.3 Å². The fraction of sp³-hybridized carbons (Fsp3) is 0.133. The van der Waals surface area contributed by atoms with Crippen molar-refractivity contribution in [3.8, 4) is 0 Å². The number of aliphatic imine (C=N–C) groups is 1. The van der Waals surface area contributed by atoms with Crippen LogP contribution >= 0.6 is 0 Å². The van der Waals surface area contributed by atoms with Gasteiger partial charge in [0.25, 0.3) is 0 Å². The summed E-state index contributed by atoms with van der Waals surface area (Å²) >= 11 is 0. The van der Waals surface area contributed by atoms with Crippen LogP contribution in [0.1, 0.15) is 17.5 Å². The molecule has 4 heteroatoms. The van der Waals surface area contributed by atoms with Crippen molar-refractivity contribution in [3.63, 3.8) is 0 Å². The summed E-state index contributed by atoms with van der Waals surface area (Å²) in [6, 6.07) is 9.59. The van der Waals surface area contributed by atoms with Gasteiger partial charge in [-0.15, -0.1) is 0 Å². The van der Waals surface area contributed by atoms with Crippen molar-refractivity contribution in [1.82, 2.24) is 4.98 Å². The Morgan fingerprint density at radius 1 is 1.16 bits per heavy atom. The number of rotatable bonds is 1. The van der Waals surface area contributed by atoms with Crippen LogP contribution in [-0.4, -0.2) is 16.6 Å². The molecule has 1 aliphatic rings. The van der Waals surface area contributed by atoms with Gasteiger partial charge in [-0.1, -0.05) is 6.07 Å². The smallest absolute Gasteiger partial charge is 0.230 e. The summed E-state index contributed by atoms with van der Waals surface area (Å²) in [4.78, 5) is 20.5. The van der Waals surface area contributed by atoms with Crippen LogP contribution in [-0.2, 0) is 4.79 Å². The van der Waals surface area contributed by atoms with Crippen LogP contribution in [0.15, 0.2) is 47.7 Å². The molecule has 94 valence electrons. The van der Waals surface area contributed by atoms with E-state index in [0.717, 1.165) is 28.2 Å². The topological polar surface area (TPSA) is 54.4 Å². The number of fused-ring (bicyclic) bond motifs is 1. The van der Waals surface area contributed by atoms with Gasteiger partial charge in [0.05, 0.1) is 23.5 Å². The molecule has 0 saturated heterocycles. The molecule has 0 bridgehead atoms. The Morgan fingerprint density at radius 3 is 2.74 bits per heavy atom. The molecule has 1 aromatic heterocycles. The lowest BCUT2D eigenvalue weighted by molar-refractivity contribution is -0.115. The zero-order valence-corrected chi connectivity index (χ0v) is 10.6. The van der Waals surface area contributed by atoms with Gasteiger partial charge in [0.15, 0.2) is 0 Å². The van der Waals surface area contributed by atoms with Gasteiger partial charge in [-0.2, -0.15) is 0 Å². The number of aromatic nitrogens is 1. The van der Waals surface area contributed by atoms with E-state index in [1.807, 2.05) is 37.3 Å². The van der Waals surface area contributed by atoms with Crippen LogP contribution in [0.25, 0.3) is 0 Å². The van der Waals surface area contributed by atoms with Crippen LogP contribution < -0.4 is 5.32 Å². The first kappa shape index (κ1) is 11.6. The number of hydrogen-bond acceptors (Lipinski definition) is 3. The normalized spacial score (nSPS) is 14.2. The first-order valence-electron chi connectivity index (χ1n) is 6.11. The summed E-state index contributed by atoms with van der Waals surface area (Å²) in [6.07, 6.45) is 3.69. The molecule has 0 saturated carbocycles. The van der Waals surface area contributed by atoms with E-state index in [1.165, 1.54) is 0 Å². The quantitative estimate of drug-likeness (QED) is 0.847. The predicted octanol–water partition coefficient (Wildman–Crippen LogP) is 2.85. The van der Waals surface area contributed by atoms with E-state index in [1.54, 1.807) is 12.4 Å². The third kappa shape index (κ3) is 2.38. The zero-order chi connectivity index (χ0) is 13.2. The number of aryl methyl sites for hydroxylation is 1. The molecular weight excluding hydrogens is 238 g/mol. The van der Waals surface area contributed by atoms with Gasteiger partial charge in [-0.3, -0.25) is 14.8 Å². The summed E-state index contributed by atoms with van der Waals surface area (Å²) < 4.78 is 0. The first-order valence-corrected chi connectivity index (χ1v) is 6.11. The minimum Gasteiger partial charge on any atom is -0.324 e. The molecule has 1 aliphatic heterocycles. The van der Waals surface area contributed by atoms with Crippen molar-refractivity contribution in [2.75, 3.05) is 5.32 Å². The summed E-state index contributed by atoms with van der Waals surface area (Å²) in [7, 11) is 0.